The maximum absolute atomic E-state index is 5.48. The molecule has 0 aliphatic rings. The number of fused-ring (bicyclic) bond motifs is 1. The molecule has 0 radical (unpaired) electrons. The van der Waals surface area contributed by atoms with Gasteiger partial charge in [0.15, 0.2) is 0 Å². The quantitative estimate of drug-likeness (QED) is 0.772. The summed E-state index contributed by atoms with van der Waals surface area (Å²) < 4.78 is 5.48. The van der Waals surface area contributed by atoms with Crippen molar-refractivity contribution in [2.24, 2.45) is 0 Å². The predicted molar refractivity (Wildman–Crippen MR) is 67.3 cm³/mol. The van der Waals surface area contributed by atoms with E-state index in [1.807, 2.05) is 30.5 Å². The van der Waals surface area contributed by atoms with Crippen LogP contribution in [0.15, 0.2) is 47.6 Å². The SMILES string of the molecule is C=CCC(C)NCc1coc2ccccc12. The smallest absolute Gasteiger partial charge is 0.134 e. The highest BCUT2D eigenvalue weighted by atomic mass is 16.3. The van der Waals surface area contributed by atoms with Gasteiger partial charge in [0.05, 0.1) is 6.26 Å². The molecule has 0 spiro atoms. The largest absolute Gasteiger partial charge is 0.464 e. The van der Waals surface area contributed by atoms with E-state index < -0.39 is 0 Å². The third-order valence-electron chi connectivity index (χ3n) is 2.72. The summed E-state index contributed by atoms with van der Waals surface area (Å²) in [6.45, 7) is 6.73. The summed E-state index contributed by atoms with van der Waals surface area (Å²) in [5.41, 5.74) is 2.17. The molecule has 1 aromatic carbocycles. The summed E-state index contributed by atoms with van der Waals surface area (Å²) in [7, 11) is 0. The maximum atomic E-state index is 5.48. The van der Waals surface area contributed by atoms with Crippen LogP contribution in [0.25, 0.3) is 11.0 Å². The first kappa shape index (κ1) is 11.0. The Morgan fingerprint density at radius 3 is 3.06 bits per heavy atom. The molecular weight excluding hydrogens is 198 g/mol. The van der Waals surface area contributed by atoms with E-state index in [0.29, 0.717) is 6.04 Å². The molecule has 1 N–H and O–H groups in total. The molecule has 0 aliphatic carbocycles. The second kappa shape index (κ2) is 4.99. The number of hydrogen-bond donors (Lipinski definition) is 1. The summed E-state index contributed by atoms with van der Waals surface area (Å²) in [4.78, 5) is 0. The molecule has 84 valence electrons. The molecule has 0 amide bonds. The van der Waals surface area contributed by atoms with Crippen LogP contribution in [0.1, 0.15) is 18.9 Å². The van der Waals surface area contributed by atoms with Crippen LogP contribution in [0, 0.1) is 0 Å². The molecule has 2 rings (SSSR count). The Bertz CT molecular complexity index is 472. The zero-order valence-corrected chi connectivity index (χ0v) is 9.57. The Labute approximate surface area is 96.0 Å². The van der Waals surface area contributed by atoms with Crippen LogP contribution in [0.4, 0.5) is 0 Å². The first-order valence-electron chi connectivity index (χ1n) is 5.60. The molecule has 2 nitrogen and oxygen atoms in total. The highest BCUT2D eigenvalue weighted by molar-refractivity contribution is 5.80. The lowest BCUT2D eigenvalue weighted by Crippen LogP contribution is -2.24. The molecule has 0 fully saturated rings. The minimum atomic E-state index is 0.450. The average molecular weight is 215 g/mol. The van der Waals surface area contributed by atoms with Crippen LogP contribution in [-0.4, -0.2) is 6.04 Å². The zero-order valence-electron chi connectivity index (χ0n) is 9.57. The number of benzene rings is 1. The van der Waals surface area contributed by atoms with Gasteiger partial charge in [-0.3, -0.25) is 0 Å². The molecule has 0 saturated heterocycles. The summed E-state index contributed by atoms with van der Waals surface area (Å²) in [5.74, 6) is 0. The number of hydrogen-bond acceptors (Lipinski definition) is 2. The molecule has 1 unspecified atom stereocenters. The van der Waals surface area contributed by atoms with Gasteiger partial charge in [-0.15, -0.1) is 6.58 Å². The van der Waals surface area contributed by atoms with Gasteiger partial charge in [-0.25, -0.2) is 0 Å². The van der Waals surface area contributed by atoms with E-state index in [1.54, 1.807) is 0 Å². The summed E-state index contributed by atoms with van der Waals surface area (Å²) in [6, 6.07) is 8.56. The molecule has 0 bridgehead atoms. The molecule has 1 aromatic heterocycles. The lowest BCUT2D eigenvalue weighted by molar-refractivity contribution is 0.546. The second-order valence-electron chi connectivity index (χ2n) is 4.06. The molecule has 1 heterocycles. The summed E-state index contributed by atoms with van der Waals surface area (Å²) in [5, 5.41) is 4.64. The van der Waals surface area contributed by atoms with Crippen LogP contribution in [-0.2, 0) is 6.54 Å². The molecule has 16 heavy (non-hydrogen) atoms. The van der Waals surface area contributed by atoms with Gasteiger partial charge in [0.2, 0.25) is 0 Å². The van der Waals surface area contributed by atoms with E-state index in [-0.39, 0.29) is 0 Å². The Balaban J connectivity index is 2.07. The molecule has 1 atom stereocenters. The second-order valence-corrected chi connectivity index (χ2v) is 4.06. The van der Waals surface area contributed by atoms with E-state index in [1.165, 1.54) is 10.9 Å². The highest BCUT2D eigenvalue weighted by Crippen LogP contribution is 2.20. The van der Waals surface area contributed by atoms with E-state index in [0.717, 1.165) is 18.5 Å². The van der Waals surface area contributed by atoms with Gasteiger partial charge in [-0.2, -0.15) is 0 Å². The molecular formula is C14H17NO. The van der Waals surface area contributed by atoms with E-state index in [2.05, 4.69) is 24.9 Å². The van der Waals surface area contributed by atoms with Crippen molar-refractivity contribution >= 4 is 11.0 Å². The van der Waals surface area contributed by atoms with Gasteiger partial charge in [0.1, 0.15) is 5.58 Å². The van der Waals surface area contributed by atoms with Crippen molar-refractivity contribution in [2.75, 3.05) is 0 Å². The van der Waals surface area contributed by atoms with E-state index >= 15 is 0 Å². The fourth-order valence-electron chi connectivity index (χ4n) is 1.79. The van der Waals surface area contributed by atoms with Crippen LogP contribution in [0.2, 0.25) is 0 Å². The zero-order chi connectivity index (χ0) is 11.4. The van der Waals surface area contributed by atoms with E-state index in [4.69, 9.17) is 4.42 Å². The van der Waals surface area contributed by atoms with Crippen LogP contribution in [0.5, 0.6) is 0 Å². The van der Waals surface area contributed by atoms with Gasteiger partial charge >= 0.3 is 0 Å². The lowest BCUT2D eigenvalue weighted by atomic mass is 10.1. The van der Waals surface area contributed by atoms with Crippen molar-refractivity contribution in [1.29, 1.82) is 0 Å². The fourth-order valence-corrected chi connectivity index (χ4v) is 1.79. The van der Waals surface area contributed by atoms with Gasteiger partial charge in [0.25, 0.3) is 0 Å². The molecule has 0 aliphatic heterocycles. The van der Waals surface area contributed by atoms with Crippen LogP contribution in [0.3, 0.4) is 0 Å². The number of rotatable bonds is 5. The number of para-hydroxylation sites is 1. The topological polar surface area (TPSA) is 25.2 Å². The predicted octanol–water partition coefficient (Wildman–Crippen LogP) is 3.49. The van der Waals surface area contributed by atoms with Gasteiger partial charge < -0.3 is 9.73 Å². The van der Waals surface area contributed by atoms with Gasteiger partial charge in [-0.1, -0.05) is 24.3 Å². The Morgan fingerprint density at radius 2 is 2.25 bits per heavy atom. The minimum Gasteiger partial charge on any atom is -0.464 e. The normalized spacial score (nSPS) is 12.8. The molecule has 0 saturated carbocycles. The van der Waals surface area contributed by atoms with Crippen molar-refractivity contribution in [1.82, 2.24) is 5.32 Å². The average Bonchev–Trinajstić information content (AvgIpc) is 2.70. The Kier molecular flexibility index (Phi) is 3.42. The van der Waals surface area contributed by atoms with Crippen molar-refractivity contribution in [3.63, 3.8) is 0 Å². The Morgan fingerprint density at radius 1 is 1.44 bits per heavy atom. The van der Waals surface area contributed by atoms with Crippen LogP contribution < -0.4 is 5.32 Å². The van der Waals surface area contributed by atoms with Crippen molar-refractivity contribution < 1.29 is 4.42 Å². The molecule has 2 heteroatoms. The van der Waals surface area contributed by atoms with Crippen molar-refractivity contribution in [3.8, 4) is 0 Å². The van der Waals surface area contributed by atoms with Crippen molar-refractivity contribution in [3.05, 3.63) is 48.7 Å². The monoisotopic (exact) mass is 215 g/mol. The first-order chi connectivity index (χ1) is 7.81. The molecule has 2 aromatic rings. The summed E-state index contributed by atoms with van der Waals surface area (Å²) in [6.07, 6.45) is 4.75. The maximum Gasteiger partial charge on any atom is 0.134 e. The first-order valence-corrected chi connectivity index (χ1v) is 5.60. The van der Waals surface area contributed by atoms with E-state index in [9.17, 15) is 0 Å². The minimum absolute atomic E-state index is 0.450. The highest BCUT2D eigenvalue weighted by Gasteiger charge is 2.05. The van der Waals surface area contributed by atoms with Crippen molar-refractivity contribution in [2.45, 2.75) is 25.9 Å². The standard InChI is InChI=1S/C14H17NO/c1-3-6-11(2)15-9-12-10-16-14-8-5-4-7-13(12)14/h3-5,7-8,10-11,15H,1,6,9H2,2H3. The van der Waals surface area contributed by atoms with Crippen LogP contribution >= 0.6 is 0 Å². The number of nitrogens with one attached hydrogen (secondary N) is 1. The van der Waals surface area contributed by atoms with Gasteiger partial charge in [-0.05, 0) is 19.4 Å². The Hall–Kier alpha value is -1.54. The summed E-state index contributed by atoms with van der Waals surface area (Å²) >= 11 is 0. The number of furan rings is 1. The van der Waals surface area contributed by atoms with Gasteiger partial charge in [0, 0.05) is 23.5 Å². The fraction of sp³-hybridized carbons (Fsp3) is 0.286. The third-order valence-corrected chi connectivity index (χ3v) is 2.72. The third kappa shape index (κ3) is 2.34. The lowest BCUT2D eigenvalue weighted by Gasteiger charge is -2.10.